The molecule has 0 saturated heterocycles. The zero-order chi connectivity index (χ0) is 16.8. The lowest BCUT2D eigenvalue weighted by atomic mass is 10.2. The molecule has 0 fully saturated rings. The van der Waals surface area contributed by atoms with Crippen LogP contribution in [-0.4, -0.2) is 30.0 Å². The summed E-state index contributed by atoms with van der Waals surface area (Å²) in [6, 6.07) is 3.99. The van der Waals surface area contributed by atoms with E-state index in [1.54, 1.807) is 20.8 Å². The molecule has 124 valence electrons. The number of amides is 1. The fraction of sp³-hybridized carbons (Fsp3) is 0.562. The molecule has 0 saturated carbocycles. The second-order valence-electron chi connectivity index (χ2n) is 6.21. The number of halogens is 1. The molecule has 5 nitrogen and oxygen atoms in total. The third kappa shape index (κ3) is 6.76. The Bertz CT molecular complexity index is 499. The van der Waals surface area contributed by atoms with Gasteiger partial charge in [-0.1, -0.05) is 6.92 Å². The molecule has 0 heterocycles. The predicted octanol–water partition coefficient (Wildman–Crippen LogP) is 2.86. The van der Waals surface area contributed by atoms with Gasteiger partial charge in [-0.05, 0) is 39.0 Å². The quantitative estimate of drug-likeness (QED) is 0.847. The highest BCUT2D eigenvalue weighted by molar-refractivity contribution is 5.67. The van der Waals surface area contributed by atoms with E-state index in [9.17, 15) is 14.3 Å². The van der Waals surface area contributed by atoms with Gasteiger partial charge in [0.25, 0.3) is 0 Å². The maximum absolute atomic E-state index is 13.0. The Hall–Kier alpha value is -1.82. The number of ether oxygens (including phenoxy) is 2. The van der Waals surface area contributed by atoms with Crippen molar-refractivity contribution in [1.29, 1.82) is 0 Å². The standard InChI is InChI=1S/C16H24FNO4/c1-11(8-18-15(20)22-16(2,3)4)10-21-14-6-5-13(17)7-12(14)9-19/h5-7,11,19H,8-10H2,1-4H3,(H,18,20). The molecule has 1 aromatic rings. The first-order valence-electron chi connectivity index (χ1n) is 7.20. The molecule has 22 heavy (non-hydrogen) atoms. The number of carbonyl (C=O) groups excluding carboxylic acids is 1. The van der Waals surface area contributed by atoms with Crippen LogP contribution < -0.4 is 10.1 Å². The van der Waals surface area contributed by atoms with Crippen LogP contribution in [0.5, 0.6) is 5.75 Å². The molecule has 0 aromatic heterocycles. The Balaban J connectivity index is 2.40. The summed E-state index contributed by atoms with van der Waals surface area (Å²) in [5.74, 6) is 0.0492. The van der Waals surface area contributed by atoms with Crippen LogP contribution in [0, 0.1) is 11.7 Å². The van der Waals surface area contributed by atoms with Gasteiger partial charge >= 0.3 is 6.09 Å². The van der Waals surface area contributed by atoms with Gasteiger partial charge in [-0.2, -0.15) is 0 Å². The van der Waals surface area contributed by atoms with Crippen LogP contribution in [0.1, 0.15) is 33.3 Å². The van der Waals surface area contributed by atoms with E-state index in [1.807, 2.05) is 6.92 Å². The summed E-state index contributed by atoms with van der Waals surface area (Å²) in [6.45, 7) is 7.72. The van der Waals surface area contributed by atoms with Crippen LogP contribution in [0.15, 0.2) is 18.2 Å². The minimum Gasteiger partial charge on any atom is -0.493 e. The van der Waals surface area contributed by atoms with Crippen molar-refractivity contribution in [2.24, 2.45) is 5.92 Å². The monoisotopic (exact) mass is 313 g/mol. The fourth-order valence-corrected chi connectivity index (χ4v) is 1.68. The number of aliphatic hydroxyl groups is 1. The fourth-order valence-electron chi connectivity index (χ4n) is 1.68. The topological polar surface area (TPSA) is 67.8 Å². The Kier molecular flexibility index (Phi) is 6.61. The number of alkyl carbamates (subject to hydrolysis) is 1. The number of aliphatic hydroxyl groups excluding tert-OH is 1. The highest BCUT2D eigenvalue weighted by Crippen LogP contribution is 2.20. The molecule has 1 unspecified atom stereocenters. The maximum Gasteiger partial charge on any atom is 0.407 e. The molecule has 0 aliphatic heterocycles. The molecule has 0 aliphatic carbocycles. The van der Waals surface area contributed by atoms with Gasteiger partial charge in [-0.15, -0.1) is 0 Å². The van der Waals surface area contributed by atoms with Crippen molar-refractivity contribution in [3.05, 3.63) is 29.6 Å². The molecule has 2 N–H and O–H groups in total. The van der Waals surface area contributed by atoms with Crippen LogP contribution in [0.4, 0.5) is 9.18 Å². The van der Waals surface area contributed by atoms with E-state index in [1.165, 1.54) is 18.2 Å². The van der Waals surface area contributed by atoms with E-state index < -0.39 is 17.5 Å². The van der Waals surface area contributed by atoms with Crippen LogP contribution in [0.3, 0.4) is 0 Å². The lowest BCUT2D eigenvalue weighted by molar-refractivity contribution is 0.0516. The van der Waals surface area contributed by atoms with Crippen molar-refractivity contribution >= 4 is 6.09 Å². The first-order chi connectivity index (χ1) is 10.2. The SMILES string of the molecule is CC(CNC(=O)OC(C)(C)C)COc1ccc(F)cc1CO. The normalized spacial score (nSPS) is 12.6. The average Bonchev–Trinajstić information content (AvgIpc) is 2.41. The molecular weight excluding hydrogens is 289 g/mol. The zero-order valence-corrected chi connectivity index (χ0v) is 13.5. The van der Waals surface area contributed by atoms with Crippen LogP contribution in [-0.2, 0) is 11.3 Å². The minimum absolute atomic E-state index is 0.0316. The highest BCUT2D eigenvalue weighted by Gasteiger charge is 2.16. The van der Waals surface area contributed by atoms with E-state index in [2.05, 4.69) is 5.32 Å². The van der Waals surface area contributed by atoms with Crippen molar-refractivity contribution in [3.63, 3.8) is 0 Å². The number of rotatable bonds is 6. The molecule has 1 atom stereocenters. The van der Waals surface area contributed by atoms with Gasteiger partial charge in [0.2, 0.25) is 0 Å². The van der Waals surface area contributed by atoms with Crippen molar-refractivity contribution in [1.82, 2.24) is 5.32 Å². The maximum atomic E-state index is 13.0. The molecule has 0 spiro atoms. The Morgan fingerprint density at radius 3 is 2.68 bits per heavy atom. The van der Waals surface area contributed by atoms with E-state index in [4.69, 9.17) is 9.47 Å². The smallest absolute Gasteiger partial charge is 0.407 e. The summed E-state index contributed by atoms with van der Waals surface area (Å²) in [7, 11) is 0. The van der Waals surface area contributed by atoms with E-state index in [0.717, 1.165) is 0 Å². The third-order valence-corrected chi connectivity index (χ3v) is 2.71. The van der Waals surface area contributed by atoms with Crippen LogP contribution in [0.2, 0.25) is 0 Å². The summed E-state index contributed by atoms with van der Waals surface area (Å²) < 4.78 is 23.7. The first-order valence-corrected chi connectivity index (χ1v) is 7.20. The lowest BCUT2D eigenvalue weighted by Gasteiger charge is -2.21. The average molecular weight is 313 g/mol. The number of hydrogen-bond donors (Lipinski definition) is 2. The molecule has 0 bridgehead atoms. The largest absolute Gasteiger partial charge is 0.493 e. The Morgan fingerprint density at radius 2 is 2.09 bits per heavy atom. The number of carbonyl (C=O) groups is 1. The summed E-state index contributed by atoms with van der Waals surface area (Å²) in [6.07, 6.45) is -0.475. The van der Waals surface area contributed by atoms with Gasteiger partial charge in [0.05, 0.1) is 13.2 Å². The Labute approximate surface area is 130 Å². The van der Waals surface area contributed by atoms with Gasteiger partial charge in [0, 0.05) is 18.0 Å². The second kappa shape index (κ2) is 7.98. The summed E-state index contributed by atoms with van der Waals surface area (Å²) >= 11 is 0. The third-order valence-electron chi connectivity index (χ3n) is 2.71. The van der Waals surface area contributed by atoms with E-state index in [0.29, 0.717) is 24.5 Å². The molecule has 6 heteroatoms. The molecule has 1 rings (SSSR count). The van der Waals surface area contributed by atoms with Crippen molar-refractivity contribution in [2.45, 2.75) is 39.9 Å². The summed E-state index contributed by atoms with van der Waals surface area (Å²) in [4.78, 5) is 11.5. The molecular formula is C16H24FNO4. The minimum atomic E-state index is -0.534. The lowest BCUT2D eigenvalue weighted by Crippen LogP contribution is -2.35. The van der Waals surface area contributed by atoms with Crippen LogP contribution in [0.25, 0.3) is 0 Å². The number of hydrogen-bond acceptors (Lipinski definition) is 4. The van der Waals surface area contributed by atoms with Crippen molar-refractivity contribution in [3.8, 4) is 5.75 Å². The first kappa shape index (κ1) is 18.2. The molecule has 0 radical (unpaired) electrons. The van der Waals surface area contributed by atoms with E-state index >= 15 is 0 Å². The molecule has 0 aliphatic rings. The van der Waals surface area contributed by atoms with Gasteiger partial charge in [0.15, 0.2) is 0 Å². The number of benzene rings is 1. The molecule has 1 aromatic carbocycles. The van der Waals surface area contributed by atoms with Gasteiger partial charge in [-0.3, -0.25) is 0 Å². The summed E-state index contributed by atoms with van der Waals surface area (Å²) in [5, 5.41) is 11.8. The highest BCUT2D eigenvalue weighted by atomic mass is 19.1. The predicted molar refractivity (Wildman–Crippen MR) is 81.2 cm³/mol. The van der Waals surface area contributed by atoms with Crippen molar-refractivity contribution in [2.75, 3.05) is 13.2 Å². The van der Waals surface area contributed by atoms with Crippen molar-refractivity contribution < 1.29 is 23.8 Å². The Morgan fingerprint density at radius 1 is 1.41 bits per heavy atom. The van der Waals surface area contributed by atoms with Gasteiger partial charge in [-0.25, -0.2) is 9.18 Å². The van der Waals surface area contributed by atoms with Gasteiger partial charge < -0.3 is 19.9 Å². The van der Waals surface area contributed by atoms with E-state index in [-0.39, 0.29) is 12.5 Å². The molecule has 1 amide bonds. The van der Waals surface area contributed by atoms with Crippen LogP contribution >= 0.6 is 0 Å². The second-order valence-corrected chi connectivity index (χ2v) is 6.21. The zero-order valence-electron chi connectivity index (χ0n) is 13.5. The van der Waals surface area contributed by atoms with Gasteiger partial charge in [0.1, 0.15) is 17.2 Å². The number of nitrogens with one attached hydrogen (secondary N) is 1. The summed E-state index contributed by atoms with van der Waals surface area (Å²) in [5.41, 5.74) is -0.138.